The monoisotopic (exact) mass is 213 g/mol. The van der Waals surface area contributed by atoms with Crippen molar-refractivity contribution in [2.24, 2.45) is 0 Å². The predicted molar refractivity (Wildman–Crippen MR) is 48.4 cm³/mol. The van der Waals surface area contributed by atoms with Gasteiger partial charge in [0.25, 0.3) is 0 Å². The summed E-state index contributed by atoms with van der Waals surface area (Å²) >= 11 is 0. The summed E-state index contributed by atoms with van der Waals surface area (Å²) < 4.78 is 26.7. The minimum atomic E-state index is -1.19. The average molecular weight is 213 g/mol. The summed E-state index contributed by atoms with van der Waals surface area (Å²) in [4.78, 5) is 10.8. The van der Waals surface area contributed by atoms with Gasteiger partial charge in [-0.2, -0.15) is 0 Å². The Bertz CT molecular complexity index is 420. The smallest absolute Gasteiger partial charge is 0.325 e. The van der Waals surface area contributed by atoms with Gasteiger partial charge in [0.1, 0.15) is 17.7 Å². The lowest BCUT2D eigenvalue weighted by Gasteiger charge is -2.24. The Hall–Kier alpha value is -1.49. The number of halogens is 2. The topological polar surface area (TPSA) is 49.3 Å². The molecule has 0 saturated carbocycles. The first-order valence-electron chi connectivity index (χ1n) is 4.54. The average Bonchev–Trinajstić information content (AvgIpc) is 2.23. The number of hydrogen-bond donors (Lipinski definition) is 2. The molecule has 0 amide bonds. The Morgan fingerprint density at radius 3 is 2.73 bits per heavy atom. The van der Waals surface area contributed by atoms with Crippen LogP contribution in [-0.4, -0.2) is 17.6 Å². The highest BCUT2D eigenvalue weighted by Gasteiger charge is 2.30. The van der Waals surface area contributed by atoms with Crippen LogP contribution in [0, 0.1) is 11.6 Å². The Morgan fingerprint density at radius 1 is 1.40 bits per heavy atom. The second-order valence-corrected chi connectivity index (χ2v) is 3.40. The van der Waals surface area contributed by atoms with Gasteiger partial charge in [-0.15, -0.1) is 0 Å². The zero-order valence-corrected chi connectivity index (χ0v) is 7.76. The molecule has 2 rings (SSSR count). The molecule has 80 valence electrons. The van der Waals surface area contributed by atoms with Crippen LogP contribution in [0.2, 0.25) is 0 Å². The molecule has 0 saturated heterocycles. The normalized spacial score (nSPS) is 19.7. The van der Waals surface area contributed by atoms with Gasteiger partial charge in [-0.3, -0.25) is 4.79 Å². The molecule has 1 atom stereocenters. The van der Waals surface area contributed by atoms with E-state index >= 15 is 0 Å². The molecule has 0 bridgehead atoms. The molecule has 0 aromatic heterocycles. The highest BCUT2D eigenvalue weighted by molar-refractivity contribution is 5.76. The summed E-state index contributed by atoms with van der Waals surface area (Å²) in [6, 6.07) is 0.833. The number of fused-ring (bicyclic) bond motifs is 1. The molecule has 0 aliphatic carbocycles. The quantitative estimate of drug-likeness (QED) is 0.737. The molecule has 1 unspecified atom stereocenters. The SMILES string of the molecule is O=C(O)C1NCCc2c(F)ccc(F)c21. The van der Waals surface area contributed by atoms with Gasteiger partial charge in [0, 0.05) is 12.1 Å². The van der Waals surface area contributed by atoms with Gasteiger partial charge in [-0.1, -0.05) is 0 Å². The number of carboxylic acids is 1. The molecule has 1 aliphatic rings. The molecule has 2 N–H and O–H groups in total. The molecule has 15 heavy (non-hydrogen) atoms. The fourth-order valence-corrected chi connectivity index (χ4v) is 1.83. The van der Waals surface area contributed by atoms with Crippen molar-refractivity contribution in [3.63, 3.8) is 0 Å². The van der Waals surface area contributed by atoms with Gasteiger partial charge in [-0.05, 0) is 24.1 Å². The highest BCUT2D eigenvalue weighted by Crippen LogP contribution is 2.27. The number of aliphatic carboxylic acids is 1. The third-order valence-corrected chi connectivity index (χ3v) is 2.51. The molecule has 3 nitrogen and oxygen atoms in total. The van der Waals surface area contributed by atoms with Gasteiger partial charge in [0.05, 0.1) is 0 Å². The van der Waals surface area contributed by atoms with E-state index in [1.54, 1.807) is 0 Å². The van der Waals surface area contributed by atoms with E-state index in [0.29, 0.717) is 13.0 Å². The first kappa shape index (κ1) is 10.0. The van der Waals surface area contributed by atoms with Crippen LogP contribution in [0.25, 0.3) is 0 Å². The van der Waals surface area contributed by atoms with Crippen LogP contribution < -0.4 is 5.32 Å². The van der Waals surface area contributed by atoms with E-state index in [4.69, 9.17) is 5.11 Å². The first-order valence-corrected chi connectivity index (χ1v) is 4.54. The van der Waals surface area contributed by atoms with Crippen molar-refractivity contribution >= 4 is 5.97 Å². The Labute approximate surface area is 84.7 Å². The summed E-state index contributed by atoms with van der Waals surface area (Å²) in [5.74, 6) is -2.41. The minimum absolute atomic E-state index is 0.0752. The first-order chi connectivity index (χ1) is 7.11. The molecular formula is C10H9F2NO2. The molecule has 1 aromatic carbocycles. The van der Waals surface area contributed by atoms with Crippen molar-refractivity contribution in [2.45, 2.75) is 12.5 Å². The van der Waals surface area contributed by atoms with Crippen molar-refractivity contribution in [3.05, 3.63) is 34.9 Å². The van der Waals surface area contributed by atoms with Gasteiger partial charge in [0.2, 0.25) is 0 Å². The van der Waals surface area contributed by atoms with Crippen molar-refractivity contribution in [1.29, 1.82) is 0 Å². The molecule has 0 radical (unpaired) electrons. The molecule has 0 fully saturated rings. The zero-order chi connectivity index (χ0) is 11.0. The lowest BCUT2D eigenvalue weighted by molar-refractivity contribution is -0.139. The second-order valence-electron chi connectivity index (χ2n) is 3.40. The Kier molecular flexibility index (Phi) is 2.40. The minimum Gasteiger partial charge on any atom is -0.480 e. The van der Waals surface area contributed by atoms with Gasteiger partial charge < -0.3 is 10.4 Å². The van der Waals surface area contributed by atoms with Crippen LogP contribution in [0.1, 0.15) is 17.2 Å². The standard InChI is InChI=1S/C10H9F2NO2/c11-6-1-2-7(12)8-5(6)3-4-13-9(8)10(14)15/h1-2,9,13H,3-4H2,(H,14,15). The zero-order valence-electron chi connectivity index (χ0n) is 7.76. The lowest BCUT2D eigenvalue weighted by Crippen LogP contribution is -2.36. The van der Waals surface area contributed by atoms with Crippen LogP contribution in [0.15, 0.2) is 12.1 Å². The summed E-state index contributed by atoms with van der Waals surface area (Å²) in [6.45, 7) is 0.338. The van der Waals surface area contributed by atoms with E-state index in [1.165, 1.54) is 0 Å². The van der Waals surface area contributed by atoms with Crippen molar-refractivity contribution < 1.29 is 18.7 Å². The van der Waals surface area contributed by atoms with Gasteiger partial charge in [0.15, 0.2) is 0 Å². The van der Waals surface area contributed by atoms with E-state index in [2.05, 4.69) is 5.32 Å². The Morgan fingerprint density at radius 2 is 2.07 bits per heavy atom. The highest BCUT2D eigenvalue weighted by atomic mass is 19.1. The van der Waals surface area contributed by atoms with E-state index in [9.17, 15) is 13.6 Å². The van der Waals surface area contributed by atoms with E-state index < -0.39 is 23.6 Å². The number of carbonyl (C=O) groups is 1. The van der Waals surface area contributed by atoms with Crippen molar-refractivity contribution in [2.75, 3.05) is 6.54 Å². The van der Waals surface area contributed by atoms with E-state index in [-0.39, 0.29) is 11.1 Å². The van der Waals surface area contributed by atoms with Crippen LogP contribution in [0.5, 0.6) is 0 Å². The maximum atomic E-state index is 13.4. The summed E-state index contributed by atoms with van der Waals surface area (Å²) in [7, 11) is 0. The van der Waals surface area contributed by atoms with Crippen LogP contribution in [-0.2, 0) is 11.2 Å². The molecule has 1 aliphatic heterocycles. The van der Waals surface area contributed by atoms with Crippen LogP contribution >= 0.6 is 0 Å². The number of carboxylic acid groups (broad SMARTS) is 1. The fraction of sp³-hybridized carbons (Fsp3) is 0.300. The van der Waals surface area contributed by atoms with Crippen molar-refractivity contribution in [1.82, 2.24) is 5.32 Å². The summed E-state index contributed by atoms with van der Waals surface area (Å²) in [6.07, 6.45) is 0.308. The van der Waals surface area contributed by atoms with E-state index in [1.807, 2.05) is 0 Å². The number of rotatable bonds is 1. The van der Waals surface area contributed by atoms with Crippen LogP contribution in [0.3, 0.4) is 0 Å². The lowest BCUT2D eigenvalue weighted by atomic mass is 9.93. The maximum Gasteiger partial charge on any atom is 0.325 e. The summed E-state index contributed by atoms with van der Waals surface area (Å²) in [5, 5.41) is 11.5. The van der Waals surface area contributed by atoms with Crippen LogP contribution in [0.4, 0.5) is 8.78 Å². The molecule has 1 heterocycles. The maximum absolute atomic E-state index is 13.4. The largest absolute Gasteiger partial charge is 0.480 e. The van der Waals surface area contributed by atoms with Gasteiger partial charge in [-0.25, -0.2) is 8.78 Å². The summed E-state index contributed by atoms with van der Waals surface area (Å²) in [5.41, 5.74) is 0.0925. The Balaban J connectivity index is 2.59. The third-order valence-electron chi connectivity index (χ3n) is 2.51. The predicted octanol–water partition coefficient (Wildman–Crippen LogP) is 1.24. The number of benzene rings is 1. The molecular weight excluding hydrogens is 204 g/mol. The molecule has 0 spiro atoms. The van der Waals surface area contributed by atoms with Crippen molar-refractivity contribution in [3.8, 4) is 0 Å². The second kappa shape index (κ2) is 3.58. The molecule has 1 aromatic rings. The van der Waals surface area contributed by atoms with E-state index in [0.717, 1.165) is 12.1 Å². The fourth-order valence-electron chi connectivity index (χ4n) is 1.83. The third kappa shape index (κ3) is 1.59. The molecule has 5 heteroatoms. The number of hydrogen-bond acceptors (Lipinski definition) is 2. The number of nitrogens with one attached hydrogen (secondary N) is 1. The van der Waals surface area contributed by atoms with Gasteiger partial charge >= 0.3 is 5.97 Å².